The lowest BCUT2D eigenvalue weighted by molar-refractivity contribution is 0.457. The van der Waals surface area contributed by atoms with E-state index in [2.05, 4.69) is 14.8 Å². The first-order valence-electron chi connectivity index (χ1n) is 10.7. The molecule has 0 bridgehead atoms. The van der Waals surface area contributed by atoms with Crippen LogP contribution in [-0.4, -0.2) is 37.9 Å². The van der Waals surface area contributed by atoms with Gasteiger partial charge in [-0.25, -0.2) is 18.2 Å². The van der Waals surface area contributed by atoms with E-state index in [1.165, 1.54) is 29.0 Å². The van der Waals surface area contributed by atoms with Crippen LogP contribution >= 0.6 is 0 Å². The molecule has 1 aliphatic rings. The maximum absolute atomic E-state index is 13.4. The van der Waals surface area contributed by atoms with Gasteiger partial charge in [0, 0.05) is 25.7 Å². The second-order valence-electron chi connectivity index (χ2n) is 8.61. The molecule has 13 heteroatoms. The minimum atomic E-state index is -4.07. The van der Waals surface area contributed by atoms with Crippen LogP contribution in [0.2, 0.25) is 0 Å². The van der Waals surface area contributed by atoms with Crippen LogP contribution in [0.4, 0.5) is 0 Å². The number of fused-ring (bicyclic) bond motifs is 1. The maximum atomic E-state index is 13.4. The third kappa shape index (κ3) is 4.17. The number of sulfonamides is 1. The van der Waals surface area contributed by atoms with Crippen molar-refractivity contribution in [3.8, 4) is 6.07 Å². The van der Waals surface area contributed by atoms with Gasteiger partial charge >= 0.3 is 5.69 Å². The van der Waals surface area contributed by atoms with Crippen LogP contribution in [0.1, 0.15) is 30.1 Å². The minimum Gasteiger partial charge on any atom is -0.444 e. The lowest BCUT2D eigenvalue weighted by Gasteiger charge is -2.15. The van der Waals surface area contributed by atoms with E-state index in [4.69, 9.17) is 4.42 Å². The SMILES string of the molecule is Cc1ncc(Cn2c(=O)n(Cc3cnn(C)c3)c(=O)c3cc(S(=O)(=O)NC4(C#N)CC4)ccc32)o1. The standard InChI is InChI=1S/C22H21N7O5S/c1-14-24-9-16(34-14)12-28-19-4-3-17(35(32,33)26-22(13-23)5-6-22)7-18(19)20(30)29(21(28)31)11-15-8-25-27(2)10-15/h3-4,7-10,26H,5-6,11-12H2,1-2H3. The summed E-state index contributed by atoms with van der Waals surface area (Å²) in [6, 6.07) is 5.94. The molecular weight excluding hydrogens is 474 g/mol. The molecule has 4 aromatic rings. The van der Waals surface area contributed by atoms with Crippen molar-refractivity contribution in [2.24, 2.45) is 7.05 Å². The number of oxazole rings is 1. The Bertz CT molecular complexity index is 1730. The van der Waals surface area contributed by atoms with Gasteiger partial charge in [-0.05, 0) is 31.0 Å². The van der Waals surface area contributed by atoms with E-state index in [1.54, 1.807) is 31.0 Å². The summed E-state index contributed by atoms with van der Waals surface area (Å²) in [6.07, 6.45) is 5.56. The highest BCUT2D eigenvalue weighted by atomic mass is 32.2. The van der Waals surface area contributed by atoms with Gasteiger partial charge in [0.05, 0.1) is 47.4 Å². The summed E-state index contributed by atoms with van der Waals surface area (Å²) in [7, 11) is -2.36. The molecule has 1 saturated carbocycles. The van der Waals surface area contributed by atoms with Crippen molar-refractivity contribution in [3.63, 3.8) is 0 Å². The first kappa shape index (κ1) is 22.8. The normalized spacial score (nSPS) is 14.8. The summed E-state index contributed by atoms with van der Waals surface area (Å²) in [5, 5.41) is 13.4. The number of aromatic nitrogens is 5. The molecular formula is C22H21N7O5S. The van der Waals surface area contributed by atoms with Crippen LogP contribution in [0.3, 0.4) is 0 Å². The predicted molar refractivity (Wildman–Crippen MR) is 123 cm³/mol. The van der Waals surface area contributed by atoms with Crippen LogP contribution < -0.4 is 16.0 Å². The highest BCUT2D eigenvalue weighted by Crippen LogP contribution is 2.36. The number of hydrogen-bond donors (Lipinski definition) is 1. The van der Waals surface area contributed by atoms with Crippen LogP contribution in [-0.2, 0) is 30.2 Å². The molecule has 0 amide bonds. The highest BCUT2D eigenvalue weighted by molar-refractivity contribution is 7.89. The van der Waals surface area contributed by atoms with Gasteiger partial charge in [0.15, 0.2) is 5.89 Å². The summed E-state index contributed by atoms with van der Waals surface area (Å²) in [6.45, 7) is 1.61. The number of rotatable bonds is 7. The fraction of sp³-hybridized carbons (Fsp3) is 0.318. The van der Waals surface area contributed by atoms with Gasteiger partial charge in [0.25, 0.3) is 5.56 Å². The fourth-order valence-corrected chi connectivity index (χ4v) is 5.31. The van der Waals surface area contributed by atoms with E-state index in [1.807, 2.05) is 6.07 Å². The molecule has 180 valence electrons. The molecule has 1 aliphatic carbocycles. The predicted octanol–water partition coefficient (Wildman–Crippen LogP) is 0.624. The Morgan fingerprint density at radius 2 is 1.97 bits per heavy atom. The fourth-order valence-electron chi connectivity index (χ4n) is 3.91. The summed E-state index contributed by atoms with van der Waals surface area (Å²) >= 11 is 0. The number of nitriles is 1. The van der Waals surface area contributed by atoms with E-state index >= 15 is 0 Å². The van der Waals surface area contributed by atoms with E-state index in [9.17, 15) is 23.3 Å². The highest BCUT2D eigenvalue weighted by Gasteiger charge is 2.46. The molecule has 0 aliphatic heterocycles. The van der Waals surface area contributed by atoms with Crippen molar-refractivity contribution in [1.29, 1.82) is 5.26 Å². The van der Waals surface area contributed by atoms with Gasteiger partial charge < -0.3 is 4.42 Å². The first-order valence-corrected chi connectivity index (χ1v) is 12.2. The molecule has 0 spiro atoms. The van der Waals surface area contributed by atoms with E-state index < -0.39 is 26.8 Å². The number of aryl methyl sites for hydroxylation is 2. The molecule has 5 rings (SSSR count). The van der Waals surface area contributed by atoms with Crippen molar-refractivity contribution in [3.05, 3.63) is 74.8 Å². The maximum Gasteiger partial charge on any atom is 0.332 e. The Kier molecular flexibility index (Phi) is 5.22. The van der Waals surface area contributed by atoms with Crippen molar-refractivity contribution >= 4 is 20.9 Å². The van der Waals surface area contributed by atoms with E-state index in [-0.39, 0.29) is 28.9 Å². The second-order valence-corrected chi connectivity index (χ2v) is 10.3. The van der Waals surface area contributed by atoms with Crippen molar-refractivity contribution < 1.29 is 12.8 Å². The Hall–Kier alpha value is -4.02. The molecule has 1 N–H and O–H groups in total. The molecule has 0 atom stereocenters. The lowest BCUT2D eigenvalue weighted by atomic mass is 10.2. The second kappa shape index (κ2) is 8.03. The number of nitrogens with one attached hydrogen (secondary N) is 1. The third-order valence-electron chi connectivity index (χ3n) is 5.88. The largest absolute Gasteiger partial charge is 0.444 e. The minimum absolute atomic E-state index is 0.00855. The molecule has 1 aromatic carbocycles. The van der Waals surface area contributed by atoms with Crippen LogP contribution in [0.15, 0.2) is 55.7 Å². The average Bonchev–Trinajstić information content (AvgIpc) is 3.26. The Morgan fingerprint density at radius 1 is 1.20 bits per heavy atom. The van der Waals surface area contributed by atoms with Crippen LogP contribution in [0.5, 0.6) is 0 Å². The zero-order valence-electron chi connectivity index (χ0n) is 18.9. The smallest absolute Gasteiger partial charge is 0.332 e. The number of nitrogens with zero attached hydrogens (tertiary/aromatic N) is 6. The Balaban J connectivity index is 1.69. The molecule has 1 fully saturated rings. The summed E-state index contributed by atoms with van der Waals surface area (Å²) < 4.78 is 37.8. The zero-order chi connectivity index (χ0) is 25.0. The molecule has 3 heterocycles. The molecule has 0 unspecified atom stereocenters. The summed E-state index contributed by atoms with van der Waals surface area (Å²) in [5.41, 5.74) is -1.47. The summed E-state index contributed by atoms with van der Waals surface area (Å²) in [5.74, 6) is 0.826. The van der Waals surface area contributed by atoms with Crippen molar-refractivity contribution in [2.45, 2.75) is 43.3 Å². The molecule has 35 heavy (non-hydrogen) atoms. The first-order chi connectivity index (χ1) is 16.6. The Morgan fingerprint density at radius 3 is 2.57 bits per heavy atom. The van der Waals surface area contributed by atoms with Gasteiger partial charge in [-0.3, -0.25) is 18.6 Å². The third-order valence-corrected chi connectivity index (χ3v) is 7.42. The van der Waals surface area contributed by atoms with Gasteiger partial charge in [-0.2, -0.15) is 15.1 Å². The zero-order valence-corrected chi connectivity index (χ0v) is 19.7. The van der Waals surface area contributed by atoms with Gasteiger partial charge in [0.1, 0.15) is 11.3 Å². The topological polar surface area (TPSA) is 158 Å². The molecule has 0 saturated heterocycles. The van der Waals surface area contributed by atoms with Crippen LogP contribution in [0, 0.1) is 18.3 Å². The number of benzene rings is 1. The van der Waals surface area contributed by atoms with Crippen molar-refractivity contribution in [1.82, 2.24) is 28.6 Å². The van der Waals surface area contributed by atoms with E-state index in [0.29, 0.717) is 30.1 Å². The summed E-state index contributed by atoms with van der Waals surface area (Å²) in [4.78, 5) is 30.7. The molecule has 0 radical (unpaired) electrons. The molecule has 12 nitrogen and oxygen atoms in total. The average molecular weight is 496 g/mol. The lowest BCUT2D eigenvalue weighted by Crippen LogP contribution is -2.40. The number of hydrogen-bond acceptors (Lipinski definition) is 8. The van der Waals surface area contributed by atoms with Gasteiger partial charge in [-0.15, -0.1) is 0 Å². The Labute approximate surface area is 199 Å². The molecule has 3 aromatic heterocycles. The quantitative estimate of drug-likeness (QED) is 0.391. The van der Waals surface area contributed by atoms with Crippen LogP contribution in [0.25, 0.3) is 10.9 Å². The van der Waals surface area contributed by atoms with E-state index in [0.717, 1.165) is 4.57 Å². The monoisotopic (exact) mass is 495 g/mol. The van der Waals surface area contributed by atoms with Gasteiger partial charge in [-0.1, -0.05) is 0 Å². The van der Waals surface area contributed by atoms with Gasteiger partial charge in [0.2, 0.25) is 10.0 Å². The van der Waals surface area contributed by atoms with Crippen molar-refractivity contribution in [2.75, 3.05) is 0 Å².